The molecular formula is C37H40F6N2O4. The Bertz CT molecular complexity index is 1500. The zero-order chi connectivity index (χ0) is 35.8. The Morgan fingerprint density at radius 1 is 0.816 bits per heavy atom. The van der Waals surface area contributed by atoms with Crippen molar-refractivity contribution in [3.63, 3.8) is 0 Å². The Balaban J connectivity index is 1.69. The maximum absolute atomic E-state index is 13.9. The lowest BCUT2D eigenvalue weighted by molar-refractivity contribution is -0.157. The Labute approximate surface area is 281 Å². The van der Waals surface area contributed by atoms with Crippen molar-refractivity contribution in [2.45, 2.75) is 76.2 Å². The summed E-state index contributed by atoms with van der Waals surface area (Å²) in [7, 11) is 1.31. The van der Waals surface area contributed by atoms with Crippen LogP contribution in [0.1, 0.15) is 90.4 Å². The zero-order valence-electron chi connectivity index (χ0n) is 27.4. The van der Waals surface area contributed by atoms with Crippen LogP contribution in [-0.2, 0) is 26.7 Å². The number of carbonyl (C=O) groups is 3. The largest absolute Gasteiger partial charge is 0.466 e. The van der Waals surface area contributed by atoms with E-state index in [0.29, 0.717) is 25.0 Å². The normalized spacial score (nSPS) is 15.4. The second-order valence-corrected chi connectivity index (χ2v) is 12.5. The summed E-state index contributed by atoms with van der Waals surface area (Å²) in [5.74, 6) is -2.47. The smallest absolute Gasteiger partial charge is 0.416 e. The zero-order valence-corrected chi connectivity index (χ0v) is 27.4. The summed E-state index contributed by atoms with van der Waals surface area (Å²) in [5.41, 5.74) is -3.39. The molecular weight excluding hydrogens is 650 g/mol. The van der Waals surface area contributed by atoms with Gasteiger partial charge < -0.3 is 15.0 Å². The van der Waals surface area contributed by atoms with Gasteiger partial charge in [0.2, 0.25) is 5.91 Å². The molecule has 0 bridgehead atoms. The molecule has 0 radical (unpaired) electrons. The number of rotatable bonds is 12. The van der Waals surface area contributed by atoms with E-state index in [-0.39, 0.29) is 38.0 Å². The van der Waals surface area contributed by atoms with Crippen molar-refractivity contribution >= 4 is 17.8 Å². The van der Waals surface area contributed by atoms with E-state index in [1.54, 1.807) is 67.6 Å². The van der Waals surface area contributed by atoms with Gasteiger partial charge in [-0.25, -0.2) is 0 Å². The molecule has 3 aromatic rings. The molecule has 1 aliphatic rings. The van der Waals surface area contributed by atoms with E-state index in [9.17, 15) is 40.7 Å². The van der Waals surface area contributed by atoms with Crippen molar-refractivity contribution in [1.29, 1.82) is 0 Å². The molecule has 0 saturated heterocycles. The number of halogens is 6. The third-order valence-electron chi connectivity index (χ3n) is 9.16. The van der Waals surface area contributed by atoms with Crippen LogP contribution in [0.15, 0.2) is 78.9 Å². The predicted molar refractivity (Wildman–Crippen MR) is 171 cm³/mol. The van der Waals surface area contributed by atoms with Crippen LogP contribution in [0.2, 0.25) is 0 Å². The second-order valence-electron chi connectivity index (χ2n) is 12.5. The number of hydrogen-bond donors (Lipinski definition) is 1. The molecule has 0 heterocycles. The minimum atomic E-state index is -5.14. The van der Waals surface area contributed by atoms with Gasteiger partial charge in [0.1, 0.15) is 0 Å². The van der Waals surface area contributed by atoms with Gasteiger partial charge in [0, 0.05) is 37.5 Å². The summed E-state index contributed by atoms with van der Waals surface area (Å²) in [6.45, 7) is 1.98. The summed E-state index contributed by atoms with van der Waals surface area (Å²) in [6, 6.07) is 17.8. The first-order chi connectivity index (χ1) is 23.2. The molecule has 1 atom stereocenters. The highest BCUT2D eigenvalue weighted by molar-refractivity contribution is 5.95. The van der Waals surface area contributed by atoms with Gasteiger partial charge >= 0.3 is 18.3 Å². The van der Waals surface area contributed by atoms with E-state index in [1.165, 1.54) is 7.05 Å². The third-order valence-corrected chi connectivity index (χ3v) is 9.16. The van der Waals surface area contributed by atoms with Crippen LogP contribution in [0.3, 0.4) is 0 Å². The summed E-state index contributed by atoms with van der Waals surface area (Å²) in [4.78, 5) is 41.3. The van der Waals surface area contributed by atoms with Crippen molar-refractivity contribution in [1.82, 2.24) is 10.2 Å². The number of alkyl halides is 6. The van der Waals surface area contributed by atoms with E-state index in [1.807, 2.05) is 0 Å². The molecule has 1 fully saturated rings. The number of nitrogens with zero attached hydrogens (tertiary/aromatic N) is 1. The van der Waals surface area contributed by atoms with E-state index in [0.717, 1.165) is 35.3 Å². The second kappa shape index (κ2) is 15.9. The number of likely N-dealkylation sites (N-methyl/N-ethyl adjacent to an activating group) is 1. The minimum Gasteiger partial charge on any atom is -0.466 e. The van der Waals surface area contributed by atoms with Crippen LogP contribution in [0.4, 0.5) is 26.3 Å². The maximum atomic E-state index is 13.9. The summed E-state index contributed by atoms with van der Waals surface area (Å²) in [6.07, 6.45) is -6.71. The average Bonchev–Trinajstić information content (AvgIpc) is 3.08. The van der Waals surface area contributed by atoms with Crippen LogP contribution in [0, 0.1) is 5.41 Å². The topological polar surface area (TPSA) is 75.7 Å². The Hall–Kier alpha value is -4.35. The van der Waals surface area contributed by atoms with Gasteiger partial charge in [-0.3, -0.25) is 14.4 Å². The highest BCUT2D eigenvalue weighted by Gasteiger charge is 2.42. The number of esters is 1. The standard InChI is InChI=1S/C37H40F6N2O4/c1-3-49-34(48)35(19-11-6-12-20-35)24-44-31(46)18-17-30(32(25-13-7-4-8-14-25)26-15-9-5-10-16-26)45(2)33(47)27-21-28(36(38,39)40)23-29(22-27)37(41,42)43/h4-5,7-10,13-16,21-23,30,32H,3,6,11-12,17-20,24H2,1-2H3,(H,44,46). The minimum absolute atomic E-state index is 0.0000243. The molecule has 1 saturated carbocycles. The van der Waals surface area contributed by atoms with Crippen molar-refractivity contribution in [2.75, 3.05) is 20.2 Å². The lowest BCUT2D eigenvalue weighted by atomic mass is 9.74. The lowest BCUT2D eigenvalue weighted by Gasteiger charge is -2.36. The fraction of sp³-hybridized carbons (Fsp3) is 0.432. The van der Waals surface area contributed by atoms with Crippen LogP contribution in [-0.4, -0.2) is 48.9 Å². The molecule has 1 unspecified atom stereocenters. The van der Waals surface area contributed by atoms with Crippen LogP contribution < -0.4 is 5.32 Å². The molecule has 12 heteroatoms. The van der Waals surface area contributed by atoms with Gasteiger partial charge in [0.05, 0.1) is 23.1 Å². The van der Waals surface area contributed by atoms with Gasteiger partial charge in [-0.1, -0.05) is 79.9 Å². The molecule has 1 N–H and O–H groups in total. The van der Waals surface area contributed by atoms with E-state index < -0.39 is 58.2 Å². The summed E-state index contributed by atoms with van der Waals surface area (Å²) >= 11 is 0. The van der Waals surface area contributed by atoms with Gasteiger partial charge in [-0.2, -0.15) is 26.3 Å². The molecule has 0 aromatic heterocycles. The average molecular weight is 691 g/mol. The van der Waals surface area contributed by atoms with Gasteiger partial charge in [0.15, 0.2) is 0 Å². The molecule has 0 aliphatic heterocycles. The van der Waals surface area contributed by atoms with Crippen LogP contribution in [0.5, 0.6) is 0 Å². The van der Waals surface area contributed by atoms with Gasteiger partial charge in [0.25, 0.3) is 5.91 Å². The van der Waals surface area contributed by atoms with Gasteiger partial charge in [-0.15, -0.1) is 0 Å². The van der Waals surface area contributed by atoms with Gasteiger partial charge in [-0.05, 0) is 55.5 Å². The van der Waals surface area contributed by atoms with Crippen molar-refractivity contribution in [3.05, 3.63) is 107 Å². The Morgan fingerprint density at radius 3 is 1.80 bits per heavy atom. The van der Waals surface area contributed by atoms with E-state index in [2.05, 4.69) is 5.32 Å². The Kier molecular flexibility index (Phi) is 12.2. The van der Waals surface area contributed by atoms with Crippen molar-refractivity contribution in [3.8, 4) is 0 Å². The highest BCUT2D eigenvalue weighted by atomic mass is 19.4. The SMILES string of the molecule is CCOC(=O)C1(CNC(=O)CCC(C(c2ccccc2)c2ccccc2)N(C)C(=O)c2cc(C(F)(F)F)cc(C(F)(F)F)c2)CCCCC1. The lowest BCUT2D eigenvalue weighted by Crippen LogP contribution is -2.46. The number of ether oxygens (including phenoxy) is 1. The summed E-state index contributed by atoms with van der Waals surface area (Å²) in [5, 5.41) is 2.86. The molecule has 6 nitrogen and oxygen atoms in total. The highest BCUT2D eigenvalue weighted by Crippen LogP contribution is 2.39. The number of carbonyl (C=O) groups excluding carboxylic acids is 3. The van der Waals surface area contributed by atoms with E-state index in [4.69, 9.17) is 4.74 Å². The first-order valence-corrected chi connectivity index (χ1v) is 16.3. The van der Waals surface area contributed by atoms with Crippen molar-refractivity contribution in [2.24, 2.45) is 5.41 Å². The maximum Gasteiger partial charge on any atom is 0.416 e. The third kappa shape index (κ3) is 9.42. The number of amides is 2. The molecule has 4 rings (SSSR count). The number of benzene rings is 3. The monoisotopic (exact) mass is 690 g/mol. The first-order valence-electron chi connectivity index (χ1n) is 16.3. The predicted octanol–water partition coefficient (Wildman–Crippen LogP) is 8.41. The first kappa shape index (κ1) is 37.5. The molecule has 264 valence electrons. The fourth-order valence-electron chi connectivity index (χ4n) is 6.58. The molecule has 1 aliphatic carbocycles. The van der Waals surface area contributed by atoms with E-state index >= 15 is 0 Å². The fourth-order valence-corrected chi connectivity index (χ4v) is 6.58. The number of hydrogen-bond acceptors (Lipinski definition) is 4. The van der Waals surface area contributed by atoms with Crippen molar-refractivity contribution < 1.29 is 45.5 Å². The van der Waals surface area contributed by atoms with Crippen LogP contribution in [0.25, 0.3) is 0 Å². The molecule has 2 amide bonds. The molecule has 49 heavy (non-hydrogen) atoms. The molecule has 3 aromatic carbocycles. The number of nitrogens with one attached hydrogen (secondary N) is 1. The Morgan fingerprint density at radius 2 is 1.33 bits per heavy atom. The quantitative estimate of drug-likeness (QED) is 0.153. The van der Waals surface area contributed by atoms with Crippen LogP contribution >= 0.6 is 0 Å². The molecule has 0 spiro atoms. The summed E-state index contributed by atoms with van der Waals surface area (Å²) < 4.78 is 87.5.